The summed E-state index contributed by atoms with van der Waals surface area (Å²) in [5.74, 6) is 0.0393. The zero-order chi connectivity index (χ0) is 19.9. The molecule has 0 saturated carbocycles. The largest absolute Gasteiger partial charge is 0.350 e. The molecule has 0 unspecified atom stereocenters. The third-order valence-electron chi connectivity index (χ3n) is 4.72. The number of rotatable bonds is 7. The molecule has 29 heavy (non-hydrogen) atoms. The Morgan fingerprint density at radius 3 is 2.24 bits per heavy atom. The van der Waals surface area contributed by atoms with Crippen LogP contribution >= 0.6 is 11.3 Å². The zero-order valence-corrected chi connectivity index (χ0v) is 16.7. The maximum Gasteiger partial charge on any atom is 0.221 e. The van der Waals surface area contributed by atoms with Crippen LogP contribution in [0, 0.1) is 0 Å². The second kappa shape index (κ2) is 9.26. The Bertz CT molecular complexity index is 1010. The van der Waals surface area contributed by atoms with Crippen molar-refractivity contribution in [3.8, 4) is 10.6 Å². The van der Waals surface area contributed by atoms with E-state index < -0.39 is 0 Å². The van der Waals surface area contributed by atoms with Crippen molar-refractivity contribution in [3.63, 3.8) is 0 Å². The standard InChI is InChI=1S/C24H21N3OS/c28-23(26-16-21-17-29-24(27-21)20-12-7-13-25-15-20)14-22(18-8-3-1-4-9-18)19-10-5-2-6-11-19/h1-13,15,17,22H,14,16H2,(H,26,28). The van der Waals surface area contributed by atoms with Gasteiger partial charge in [0.05, 0.1) is 12.2 Å². The minimum atomic E-state index is 0.0126. The van der Waals surface area contributed by atoms with E-state index in [1.165, 1.54) is 0 Å². The van der Waals surface area contributed by atoms with Crippen LogP contribution in [0.4, 0.5) is 0 Å². The molecule has 1 amide bonds. The summed E-state index contributed by atoms with van der Waals surface area (Å²) in [6, 6.07) is 24.2. The molecule has 4 nitrogen and oxygen atoms in total. The summed E-state index contributed by atoms with van der Waals surface area (Å²) in [5, 5.41) is 5.91. The minimum absolute atomic E-state index is 0.0126. The van der Waals surface area contributed by atoms with E-state index in [0.717, 1.165) is 27.4 Å². The van der Waals surface area contributed by atoms with Crippen molar-refractivity contribution in [1.82, 2.24) is 15.3 Å². The third kappa shape index (κ3) is 4.95. The van der Waals surface area contributed by atoms with Gasteiger partial charge in [-0.2, -0.15) is 0 Å². The highest BCUT2D eigenvalue weighted by Gasteiger charge is 2.18. The predicted molar refractivity (Wildman–Crippen MR) is 117 cm³/mol. The van der Waals surface area contributed by atoms with Gasteiger partial charge in [-0.3, -0.25) is 9.78 Å². The van der Waals surface area contributed by atoms with Crippen LogP contribution in [0.1, 0.15) is 29.2 Å². The summed E-state index contributed by atoms with van der Waals surface area (Å²) < 4.78 is 0. The van der Waals surface area contributed by atoms with Crippen molar-refractivity contribution in [2.24, 2.45) is 0 Å². The van der Waals surface area contributed by atoms with E-state index in [1.807, 2.05) is 53.9 Å². The second-order valence-corrected chi connectivity index (χ2v) is 7.60. The van der Waals surface area contributed by atoms with Crippen molar-refractivity contribution in [2.75, 3.05) is 0 Å². The van der Waals surface area contributed by atoms with Gasteiger partial charge in [0, 0.05) is 35.7 Å². The van der Waals surface area contributed by atoms with Crippen molar-refractivity contribution in [3.05, 3.63) is 107 Å². The average Bonchev–Trinajstić information content (AvgIpc) is 3.27. The highest BCUT2D eigenvalue weighted by atomic mass is 32.1. The number of aromatic nitrogens is 2. The highest BCUT2D eigenvalue weighted by Crippen LogP contribution is 2.28. The van der Waals surface area contributed by atoms with Gasteiger partial charge in [0.1, 0.15) is 5.01 Å². The Hall–Kier alpha value is -3.31. The Kier molecular flexibility index (Phi) is 6.07. The number of hydrogen-bond acceptors (Lipinski definition) is 4. The van der Waals surface area contributed by atoms with E-state index in [9.17, 15) is 4.79 Å². The Morgan fingerprint density at radius 2 is 1.62 bits per heavy atom. The summed E-state index contributed by atoms with van der Waals surface area (Å²) in [6.07, 6.45) is 3.94. The molecule has 1 N–H and O–H groups in total. The maximum absolute atomic E-state index is 12.7. The van der Waals surface area contributed by atoms with Gasteiger partial charge in [-0.25, -0.2) is 4.98 Å². The topological polar surface area (TPSA) is 54.9 Å². The molecule has 144 valence electrons. The predicted octanol–water partition coefficient (Wildman–Crippen LogP) is 5.04. The van der Waals surface area contributed by atoms with Gasteiger partial charge >= 0.3 is 0 Å². The molecule has 4 rings (SSSR count). The number of hydrogen-bond donors (Lipinski definition) is 1. The van der Waals surface area contributed by atoms with E-state index in [0.29, 0.717) is 13.0 Å². The summed E-state index contributed by atoms with van der Waals surface area (Å²) >= 11 is 1.56. The summed E-state index contributed by atoms with van der Waals surface area (Å²) in [4.78, 5) is 21.4. The summed E-state index contributed by atoms with van der Waals surface area (Å²) in [5.41, 5.74) is 4.13. The molecule has 0 saturated heterocycles. The Morgan fingerprint density at radius 1 is 0.931 bits per heavy atom. The van der Waals surface area contributed by atoms with E-state index in [4.69, 9.17) is 0 Å². The molecule has 2 aromatic carbocycles. The average molecular weight is 400 g/mol. The number of amides is 1. The van der Waals surface area contributed by atoms with Crippen molar-refractivity contribution < 1.29 is 4.79 Å². The van der Waals surface area contributed by atoms with E-state index >= 15 is 0 Å². The van der Waals surface area contributed by atoms with Gasteiger partial charge in [-0.15, -0.1) is 11.3 Å². The fourth-order valence-electron chi connectivity index (χ4n) is 3.26. The van der Waals surface area contributed by atoms with E-state index in [1.54, 1.807) is 23.7 Å². The van der Waals surface area contributed by atoms with Crippen LogP contribution in [0.5, 0.6) is 0 Å². The van der Waals surface area contributed by atoms with Crippen LogP contribution in [-0.4, -0.2) is 15.9 Å². The third-order valence-corrected chi connectivity index (χ3v) is 5.66. The van der Waals surface area contributed by atoms with Gasteiger partial charge in [0.2, 0.25) is 5.91 Å². The summed E-state index contributed by atoms with van der Waals surface area (Å²) in [6.45, 7) is 0.423. The normalized spacial score (nSPS) is 10.8. The van der Waals surface area contributed by atoms with Gasteiger partial charge in [-0.1, -0.05) is 60.7 Å². The molecule has 0 bridgehead atoms. The molecular weight excluding hydrogens is 378 g/mol. The van der Waals surface area contributed by atoms with Crippen molar-refractivity contribution in [2.45, 2.75) is 18.9 Å². The van der Waals surface area contributed by atoms with E-state index in [2.05, 4.69) is 39.6 Å². The van der Waals surface area contributed by atoms with Gasteiger partial charge < -0.3 is 5.32 Å². The monoisotopic (exact) mass is 399 g/mol. The molecule has 4 aromatic rings. The van der Waals surface area contributed by atoms with Crippen molar-refractivity contribution in [1.29, 1.82) is 0 Å². The first-order chi connectivity index (χ1) is 14.3. The van der Waals surface area contributed by atoms with Crippen LogP contribution in [0.2, 0.25) is 0 Å². The lowest BCUT2D eigenvalue weighted by Gasteiger charge is -2.17. The van der Waals surface area contributed by atoms with Gasteiger partial charge in [0.15, 0.2) is 0 Å². The Balaban J connectivity index is 1.42. The fourth-order valence-corrected chi connectivity index (χ4v) is 4.07. The number of thiazole rings is 1. The van der Waals surface area contributed by atoms with E-state index in [-0.39, 0.29) is 11.8 Å². The molecule has 0 aliphatic rings. The first kappa shape index (κ1) is 19.0. The number of benzene rings is 2. The molecule has 0 aliphatic carbocycles. The number of carbonyl (C=O) groups is 1. The lowest BCUT2D eigenvalue weighted by molar-refractivity contribution is -0.121. The first-order valence-electron chi connectivity index (χ1n) is 9.51. The summed E-state index contributed by atoms with van der Waals surface area (Å²) in [7, 11) is 0. The Labute approximate surface area is 174 Å². The maximum atomic E-state index is 12.7. The smallest absolute Gasteiger partial charge is 0.221 e. The van der Waals surface area contributed by atoms with Crippen LogP contribution < -0.4 is 5.32 Å². The number of nitrogens with zero attached hydrogens (tertiary/aromatic N) is 2. The quantitative estimate of drug-likeness (QED) is 0.473. The molecule has 2 heterocycles. The molecule has 0 fully saturated rings. The van der Waals surface area contributed by atoms with Crippen LogP contribution in [0.3, 0.4) is 0 Å². The lowest BCUT2D eigenvalue weighted by Crippen LogP contribution is -2.25. The molecule has 2 aromatic heterocycles. The minimum Gasteiger partial charge on any atom is -0.350 e. The molecule has 0 aliphatic heterocycles. The number of nitrogens with one attached hydrogen (secondary N) is 1. The van der Waals surface area contributed by atoms with Crippen LogP contribution in [-0.2, 0) is 11.3 Å². The van der Waals surface area contributed by atoms with Crippen LogP contribution in [0.25, 0.3) is 10.6 Å². The highest BCUT2D eigenvalue weighted by molar-refractivity contribution is 7.13. The van der Waals surface area contributed by atoms with Crippen LogP contribution in [0.15, 0.2) is 90.6 Å². The van der Waals surface area contributed by atoms with Gasteiger partial charge in [0.25, 0.3) is 0 Å². The lowest BCUT2D eigenvalue weighted by atomic mass is 9.88. The molecule has 0 radical (unpaired) electrons. The SMILES string of the molecule is O=C(CC(c1ccccc1)c1ccccc1)NCc1csc(-c2cccnc2)n1. The zero-order valence-electron chi connectivity index (χ0n) is 15.9. The first-order valence-corrected chi connectivity index (χ1v) is 10.4. The molecule has 0 atom stereocenters. The van der Waals surface area contributed by atoms with Gasteiger partial charge in [-0.05, 0) is 23.3 Å². The second-order valence-electron chi connectivity index (χ2n) is 6.74. The van der Waals surface area contributed by atoms with Crippen molar-refractivity contribution >= 4 is 17.2 Å². The molecule has 0 spiro atoms. The molecule has 5 heteroatoms. The number of pyridine rings is 1. The molecular formula is C24H21N3OS. The number of carbonyl (C=O) groups excluding carboxylic acids is 1. The fraction of sp³-hybridized carbons (Fsp3) is 0.125.